The van der Waals surface area contributed by atoms with Crippen molar-refractivity contribution in [3.05, 3.63) is 35.7 Å². The van der Waals surface area contributed by atoms with Crippen molar-refractivity contribution in [2.24, 2.45) is 5.92 Å². The van der Waals surface area contributed by atoms with Gasteiger partial charge in [-0.1, -0.05) is 12.1 Å². The Kier molecular flexibility index (Phi) is 10.1. The van der Waals surface area contributed by atoms with Gasteiger partial charge >= 0.3 is 5.97 Å². The number of nitrogens with zero attached hydrogens (tertiary/aromatic N) is 4. The number of aliphatic hydroxyl groups excluding tert-OH is 2. The number of aliphatic hydroxyl groups is 2. The molecule has 0 unspecified atom stereocenters. The Morgan fingerprint density at radius 3 is 2.65 bits per heavy atom. The van der Waals surface area contributed by atoms with Crippen LogP contribution in [0, 0.1) is 5.92 Å². The van der Waals surface area contributed by atoms with E-state index in [-0.39, 0.29) is 30.4 Å². The minimum atomic E-state index is -2.89. The number of anilines is 2. The van der Waals surface area contributed by atoms with Gasteiger partial charge in [-0.3, -0.25) is 19.1 Å². The first-order valence-corrected chi connectivity index (χ1v) is 17.8. The van der Waals surface area contributed by atoms with Crippen LogP contribution in [-0.4, -0.2) is 88.6 Å². The lowest BCUT2D eigenvalue weighted by Crippen LogP contribution is -2.46. The molecule has 1 spiro atoms. The zero-order valence-corrected chi connectivity index (χ0v) is 26.4. The summed E-state index contributed by atoms with van der Waals surface area (Å²) in [4.78, 5) is 51.6. The van der Waals surface area contributed by atoms with Gasteiger partial charge in [0.05, 0.1) is 24.6 Å². The van der Waals surface area contributed by atoms with E-state index in [9.17, 15) is 29.4 Å². The van der Waals surface area contributed by atoms with Crippen molar-refractivity contribution in [2.75, 3.05) is 30.5 Å². The second-order valence-corrected chi connectivity index (χ2v) is 16.0. The molecule has 1 fully saturated rings. The summed E-state index contributed by atoms with van der Waals surface area (Å²) < 4.78 is 13.2. The molecule has 2 aromatic rings. The zero-order valence-electron chi connectivity index (χ0n) is 25.4. The summed E-state index contributed by atoms with van der Waals surface area (Å²) in [6.45, 7) is 7.77. The van der Waals surface area contributed by atoms with E-state index >= 15 is 0 Å². The monoisotopic (exact) mass is 617 g/mol. The standard InChI is InChI=1S/C29H43N5O8Si/c1-18-26(43(4,5)40)24(11-14-33-17-21(12-15-35)31-32-33)42-29(18)22-16-20(30-27(38)19(2)36)9-10-23(22)34(28(29)39)13-7-6-8-25(37)41-3/h9-10,16-19,24,26,35-36,40H,6-8,11-15H2,1-5H3,(H,30,38)/t18-,19-,24+,26-,29+/m0/s1. The van der Waals surface area contributed by atoms with Crippen LogP contribution in [-0.2, 0) is 42.4 Å². The Morgan fingerprint density at radius 2 is 2.00 bits per heavy atom. The minimum absolute atomic E-state index is 0.0305. The van der Waals surface area contributed by atoms with E-state index in [4.69, 9.17) is 9.47 Å². The minimum Gasteiger partial charge on any atom is -0.469 e. The van der Waals surface area contributed by atoms with Crippen molar-refractivity contribution < 1.29 is 38.9 Å². The summed E-state index contributed by atoms with van der Waals surface area (Å²) in [7, 11) is -1.55. The molecule has 1 saturated heterocycles. The number of ether oxygens (including phenoxy) is 2. The summed E-state index contributed by atoms with van der Waals surface area (Å²) in [6, 6.07) is 5.17. The van der Waals surface area contributed by atoms with Crippen LogP contribution in [0.25, 0.3) is 0 Å². The van der Waals surface area contributed by atoms with Crippen LogP contribution in [0.1, 0.15) is 50.8 Å². The van der Waals surface area contributed by atoms with Gasteiger partial charge < -0.3 is 34.7 Å². The molecule has 1 aromatic carbocycles. The van der Waals surface area contributed by atoms with Gasteiger partial charge in [-0.05, 0) is 57.5 Å². The van der Waals surface area contributed by atoms with Crippen LogP contribution >= 0.6 is 0 Å². The van der Waals surface area contributed by atoms with Gasteiger partial charge in [0.15, 0.2) is 13.9 Å². The Labute approximate surface area is 252 Å². The number of esters is 1. The number of methoxy groups -OCH3 is 1. The van der Waals surface area contributed by atoms with E-state index in [0.717, 1.165) is 0 Å². The molecule has 0 aliphatic carbocycles. The molecule has 5 atom stereocenters. The molecule has 43 heavy (non-hydrogen) atoms. The fourth-order valence-corrected chi connectivity index (χ4v) is 9.07. The molecule has 0 saturated carbocycles. The number of unbranched alkanes of at least 4 members (excludes halogenated alkanes) is 1. The highest BCUT2D eigenvalue weighted by molar-refractivity contribution is 6.71. The fraction of sp³-hybridized carbons (Fsp3) is 0.621. The lowest BCUT2D eigenvalue weighted by molar-refractivity contribution is -0.146. The molecule has 236 valence electrons. The SMILES string of the molecule is COC(=O)CCCCN1C(=O)[C@]2(O[C@H](CCn3cc(CCO)nn3)[C@@H]([Si](C)(C)O)[C@@H]2C)c2cc(NC(=O)[C@H](C)O)ccc21. The first-order chi connectivity index (χ1) is 20.3. The largest absolute Gasteiger partial charge is 0.469 e. The molecular weight excluding hydrogens is 574 g/mol. The molecule has 3 heterocycles. The van der Waals surface area contributed by atoms with Crippen LogP contribution in [0.15, 0.2) is 24.4 Å². The number of aryl methyl sites for hydroxylation is 1. The predicted octanol–water partition coefficient (Wildman–Crippen LogP) is 1.71. The highest BCUT2D eigenvalue weighted by atomic mass is 28.4. The second kappa shape index (κ2) is 13.2. The first-order valence-electron chi connectivity index (χ1n) is 14.8. The first kappa shape index (κ1) is 32.7. The maximum Gasteiger partial charge on any atom is 0.305 e. The molecule has 2 aliphatic rings. The molecular formula is C29H43N5O8Si. The van der Waals surface area contributed by atoms with E-state index in [1.54, 1.807) is 34.0 Å². The average Bonchev–Trinajstić information content (AvgIpc) is 3.59. The molecule has 0 bridgehead atoms. The van der Waals surface area contributed by atoms with Gasteiger partial charge in [-0.25, -0.2) is 0 Å². The quantitative estimate of drug-likeness (QED) is 0.147. The van der Waals surface area contributed by atoms with Crippen molar-refractivity contribution >= 4 is 37.5 Å². The average molecular weight is 618 g/mol. The van der Waals surface area contributed by atoms with Crippen molar-refractivity contribution in [3.63, 3.8) is 0 Å². The highest BCUT2D eigenvalue weighted by Gasteiger charge is 2.66. The van der Waals surface area contributed by atoms with Crippen molar-refractivity contribution in [2.45, 2.75) is 88.9 Å². The Bertz CT molecular complexity index is 1330. The third-order valence-corrected chi connectivity index (χ3v) is 11.0. The summed E-state index contributed by atoms with van der Waals surface area (Å²) in [5.41, 5.74) is 0.613. The van der Waals surface area contributed by atoms with E-state index in [1.165, 1.54) is 14.0 Å². The Hall–Kier alpha value is -3.17. The van der Waals surface area contributed by atoms with Crippen molar-refractivity contribution in [1.29, 1.82) is 0 Å². The van der Waals surface area contributed by atoms with E-state index in [1.807, 2.05) is 20.0 Å². The molecule has 4 N–H and O–H groups in total. The van der Waals surface area contributed by atoms with Gasteiger partial charge in [-0.2, -0.15) is 0 Å². The maximum absolute atomic E-state index is 14.5. The maximum atomic E-state index is 14.5. The van der Waals surface area contributed by atoms with Crippen LogP contribution in [0.4, 0.5) is 11.4 Å². The zero-order chi connectivity index (χ0) is 31.5. The summed E-state index contributed by atoms with van der Waals surface area (Å²) >= 11 is 0. The number of rotatable bonds is 13. The molecule has 2 amide bonds. The van der Waals surface area contributed by atoms with Crippen molar-refractivity contribution in [3.8, 4) is 0 Å². The Morgan fingerprint density at radius 1 is 1.26 bits per heavy atom. The topological polar surface area (TPSA) is 176 Å². The number of fused-ring (bicyclic) bond motifs is 2. The number of carbonyl (C=O) groups is 3. The van der Waals surface area contributed by atoms with Crippen LogP contribution in [0.5, 0.6) is 0 Å². The summed E-state index contributed by atoms with van der Waals surface area (Å²) in [6.07, 6.45) is 2.27. The second-order valence-electron chi connectivity index (χ2n) is 12.0. The lowest BCUT2D eigenvalue weighted by atomic mass is 9.82. The number of hydrogen-bond donors (Lipinski definition) is 4. The number of hydrogen-bond acceptors (Lipinski definition) is 10. The highest BCUT2D eigenvalue weighted by Crippen LogP contribution is 2.60. The molecule has 14 heteroatoms. The summed E-state index contributed by atoms with van der Waals surface area (Å²) in [5.74, 6) is -1.54. The third-order valence-electron chi connectivity index (χ3n) is 8.47. The van der Waals surface area contributed by atoms with Gasteiger partial charge in [0, 0.05) is 61.4 Å². The van der Waals surface area contributed by atoms with Crippen molar-refractivity contribution in [1.82, 2.24) is 15.0 Å². The summed E-state index contributed by atoms with van der Waals surface area (Å²) in [5, 5.41) is 29.9. The van der Waals surface area contributed by atoms with Gasteiger partial charge in [0.2, 0.25) is 0 Å². The molecule has 4 rings (SSSR count). The number of amides is 2. The molecule has 1 aromatic heterocycles. The Balaban J connectivity index is 1.69. The van der Waals surface area contributed by atoms with E-state index in [0.29, 0.717) is 61.4 Å². The van der Waals surface area contributed by atoms with Crippen LogP contribution in [0.2, 0.25) is 18.6 Å². The van der Waals surface area contributed by atoms with Gasteiger partial charge in [0.1, 0.15) is 6.10 Å². The molecule has 0 radical (unpaired) electrons. The van der Waals surface area contributed by atoms with E-state index in [2.05, 4.69) is 15.6 Å². The number of benzene rings is 1. The lowest BCUT2D eigenvalue weighted by Gasteiger charge is -2.32. The normalized spacial score (nSPS) is 24.0. The molecule has 13 nitrogen and oxygen atoms in total. The number of aromatic nitrogens is 3. The number of carbonyl (C=O) groups excluding carboxylic acids is 3. The van der Waals surface area contributed by atoms with Gasteiger partial charge in [-0.15, -0.1) is 5.10 Å². The number of nitrogens with one attached hydrogen (secondary N) is 1. The van der Waals surface area contributed by atoms with Crippen LogP contribution < -0.4 is 10.2 Å². The van der Waals surface area contributed by atoms with Crippen LogP contribution in [0.3, 0.4) is 0 Å². The molecule has 2 aliphatic heterocycles. The smallest absolute Gasteiger partial charge is 0.305 e. The van der Waals surface area contributed by atoms with E-state index < -0.39 is 38.0 Å². The predicted molar refractivity (Wildman–Crippen MR) is 160 cm³/mol. The van der Waals surface area contributed by atoms with Gasteiger partial charge in [0.25, 0.3) is 11.8 Å². The third kappa shape index (κ3) is 6.67. The fourth-order valence-electron chi connectivity index (χ4n) is 6.47.